The van der Waals surface area contributed by atoms with Crippen LogP contribution in [-0.2, 0) is 5.41 Å². The number of nitrogens with zero attached hydrogens (tertiary/aromatic N) is 2. The minimum absolute atomic E-state index is 0. The number of benzene rings is 1. The van der Waals surface area contributed by atoms with Crippen molar-refractivity contribution in [1.82, 2.24) is 4.98 Å². The zero-order valence-electron chi connectivity index (χ0n) is 12.2. The number of anilines is 1. The summed E-state index contributed by atoms with van der Waals surface area (Å²) >= 11 is 5.88. The predicted octanol–water partition coefficient (Wildman–Crippen LogP) is 4.52. The lowest BCUT2D eigenvalue weighted by molar-refractivity contribution is 0.477. The first-order chi connectivity index (χ1) is 9.99. The van der Waals surface area contributed by atoms with Crippen molar-refractivity contribution < 1.29 is 4.74 Å². The Morgan fingerprint density at radius 1 is 1.36 bits per heavy atom. The van der Waals surface area contributed by atoms with E-state index in [-0.39, 0.29) is 17.8 Å². The molecule has 2 heterocycles. The molecule has 6 heteroatoms. The molecule has 1 aliphatic heterocycles. The fourth-order valence-corrected chi connectivity index (χ4v) is 2.55. The molecule has 114 valence electrons. The second-order valence-corrected chi connectivity index (χ2v) is 6.10. The molecule has 0 atom stereocenters. The first-order valence-electron chi connectivity index (χ1n) is 6.61. The molecule has 0 amide bonds. The summed E-state index contributed by atoms with van der Waals surface area (Å²) in [6.45, 7) is 5.14. The number of halogens is 2. The molecule has 4 nitrogen and oxygen atoms in total. The fraction of sp³-hybridized carbons (Fsp3) is 0.250. The van der Waals surface area contributed by atoms with Crippen molar-refractivity contribution in [2.45, 2.75) is 19.3 Å². The lowest BCUT2D eigenvalue weighted by atomic mass is 9.91. The summed E-state index contributed by atoms with van der Waals surface area (Å²) in [5, 5.41) is 13.0. The van der Waals surface area contributed by atoms with E-state index < -0.39 is 0 Å². The summed E-state index contributed by atoms with van der Waals surface area (Å²) in [6.07, 6.45) is 1.68. The third-order valence-electron chi connectivity index (χ3n) is 3.51. The standard InChI is InChI=1S/C16H14ClN3O.ClH/c1-16(2)9-20-13-6-12(8-19-15(13)16)21-14-4-3-11(17)5-10(14)7-18;/h3-6,8,20H,9H2,1-2H3;1H. The van der Waals surface area contributed by atoms with Crippen molar-refractivity contribution in [3.8, 4) is 17.6 Å². The van der Waals surface area contributed by atoms with Crippen molar-refractivity contribution in [1.29, 1.82) is 5.26 Å². The average molecular weight is 336 g/mol. The molecule has 0 spiro atoms. The van der Waals surface area contributed by atoms with E-state index >= 15 is 0 Å². The smallest absolute Gasteiger partial charge is 0.147 e. The van der Waals surface area contributed by atoms with E-state index in [1.54, 1.807) is 24.4 Å². The first kappa shape index (κ1) is 16.4. The lowest BCUT2D eigenvalue weighted by Crippen LogP contribution is -2.19. The molecule has 0 radical (unpaired) electrons. The van der Waals surface area contributed by atoms with Gasteiger partial charge < -0.3 is 10.1 Å². The van der Waals surface area contributed by atoms with Crippen molar-refractivity contribution in [2.24, 2.45) is 0 Å². The van der Waals surface area contributed by atoms with Gasteiger partial charge in [0.2, 0.25) is 0 Å². The number of aromatic nitrogens is 1. The summed E-state index contributed by atoms with van der Waals surface area (Å²) in [6, 6.07) is 8.95. The zero-order valence-corrected chi connectivity index (χ0v) is 13.8. The Bertz CT molecular complexity index is 754. The summed E-state index contributed by atoms with van der Waals surface area (Å²) in [4.78, 5) is 4.48. The van der Waals surface area contributed by atoms with E-state index in [1.807, 2.05) is 6.07 Å². The molecule has 0 fully saturated rings. The second-order valence-electron chi connectivity index (χ2n) is 5.66. The summed E-state index contributed by atoms with van der Waals surface area (Å²) in [5.41, 5.74) is 2.43. The molecule has 22 heavy (non-hydrogen) atoms. The third-order valence-corrected chi connectivity index (χ3v) is 3.75. The number of nitriles is 1. The van der Waals surface area contributed by atoms with Gasteiger partial charge in [-0.3, -0.25) is 4.98 Å². The molecule has 0 aliphatic carbocycles. The van der Waals surface area contributed by atoms with Crippen molar-refractivity contribution >= 4 is 29.7 Å². The van der Waals surface area contributed by atoms with Crippen LogP contribution in [0, 0.1) is 11.3 Å². The Labute approximate surface area is 140 Å². The normalized spacial score (nSPS) is 14.3. The molecule has 1 aliphatic rings. The number of nitrogens with one attached hydrogen (secondary N) is 1. The van der Waals surface area contributed by atoms with Crippen LogP contribution in [0.1, 0.15) is 25.1 Å². The SMILES string of the molecule is CC1(C)CNc2cc(Oc3ccc(Cl)cc3C#N)cnc21.Cl. The molecule has 1 N–H and O–H groups in total. The highest BCUT2D eigenvalue weighted by Gasteiger charge is 2.31. The van der Waals surface area contributed by atoms with Gasteiger partial charge in [0, 0.05) is 23.0 Å². The van der Waals surface area contributed by atoms with Gasteiger partial charge in [0.1, 0.15) is 17.6 Å². The summed E-state index contributed by atoms with van der Waals surface area (Å²) in [7, 11) is 0. The molecule has 2 aromatic rings. The largest absolute Gasteiger partial charge is 0.454 e. The third kappa shape index (κ3) is 2.96. The average Bonchev–Trinajstić information content (AvgIpc) is 2.76. The van der Waals surface area contributed by atoms with Gasteiger partial charge in [-0.2, -0.15) is 5.26 Å². The van der Waals surface area contributed by atoms with Crippen LogP contribution in [0.15, 0.2) is 30.5 Å². The van der Waals surface area contributed by atoms with Gasteiger partial charge in [-0.15, -0.1) is 12.4 Å². The molecule has 1 aromatic carbocycles. The highest BCUT2D eigenvalue weighted by Crippen LogP contribution is 2.37. The first-order valence-corrected chi connectivity index (χ1v) is 6.99. The minimum atomic E-state index is 0. The van der Waals surface area contributed by atoms with E-state index in [4.69, 9.17) is 21.6 Å². The van der Waals surface area contributed by atoms with E-state index in [0.717, 1.165) is 17.9 Å². The monoisotopic (exact) mass is 335 g/mol. The Morgan fingerprint density at radius 2 is 2.14 bits per heavy atom. The lowest BCUT2D eigenvalue weighted by Gasteiger charge is -2.15. The van der Waals surface area contributed by atoms with Gasteiger partial charge in [0.25, 0.3) is 0 Å². The van der Waals surface area contributed by atoms with Crippen LogP contribution >= 0.6 is 24.0 Å². The van der Waals surface area contributed by atoms with Crippen LogP contribution in [-0.4, -0.2) is 11.5 Å². The molecular weight excluding hydrogens is 321 g/mol. The summed E-state index contributed by atoms with van der Waals surface area (Å²) < 4.78 is 5.77. The number of fused-ring (bicyclic) bond motifs is 1. The molecule has 0 bridgehead atoms. The highest BCUT2D eigenvalue weighted by atomic mass is 35.5. The van der Waals surface area contributed by atoms with Crippen LogP contribution in [0.3, 0.4) is 0 Å². The zero-order chi connectivity index (χ0) is 15.0. The maximum atomic E-state index is 9.13. The van der Waals surface area contributed by atoms with E-state index in [9.17, 15) is 0 Å². The van der Waals surface area contributed by atoms with E-state index in [0.29, 0.717) is 22.1 Å². The van der Waals surface area contributed by atoms with Crippen LogP contribution in [0.4, 0.5) is 5.69 Å². The van der Waals surface area contributed by atoms with Gasteiger partial charge in [-0.05, 0) is 18.2 Å². The highest BCUT2D eigenvalue weighted by molar-refractivity contribution is 6.30. The molecule has 3 rings (SSSR count). The topological polar surface area (TPSA) is 57.9 Å². The van der Waals surface area contributed by atoms with Crippen LogP contribution in [0.5, 0.6) is 11.5 Å². The minimum Gasteiger partial charge on any atom is -0.454 e. The Kier molecular flexibility index (Phi) is 4.50. The van der Waals surface area contributed by atoms with E-state index in [2.05, 4.69) is 30.2 Å². The maximum absolute atomic E-state index is 9.13. The number of hydrogen-bond donors (Lipinski definition) is 1. The van der Waals surface area contributed by atoms with Crippen molar-refractivity contribution in [3.63, 3.8) is 0 Å². The van der Waals surface area contributed by atoms with Crippen LogP contribution < -0.4 is 10.1 Å². The number of rotatable bonds is 2. The second kappa shape index (κ2) is 6.04. The van der Waals surface area contributed by atoms with Crippen LogP contribution in [0.2, 0.25) is 5.02 Å². The summed E-state index contributed by atoms with van der Waals surface area (Å²) in [5.74, 6) is 1.07. The van der Waals surface area contributed by atoms with Gasteiger partial charge in [0.05, 0.1) is 23.1 Å². The molecular formula is C16H15Cl2N3O. The Balaban J connectivity index is 0.00000176. The fourth-order valence-electron chi connectivity index (χ4n) is 2.38. The molecule has 0 saturated heterocycles. The number of hydrogen-bond acceptors (Lipinski definition) is 4. The number of pyridine rings is 1. The van der Waals surface area contributed by atoms with E-state index in [1.165, 1.54) is 0 Å². The molecule has 0 unspecified atom stereocenters. The molecule has 1 aromatic heterocycles. The van der Waals surface area contributed by atoms with Crippen LogP contribution in [0.25, 0.3) is 0 Å². The maximum Gasteiger partial charge on any atom is 0.147 e. The Hall–Kier alpha value is -1.96. The quantitative estimate of drug-likeness (QED) is 0.876. The predicted molar refractivity (Wildman–Crippen MR) is 89.2 cm³/mol. The molecule has 0 saturated carbocycles. The van der Waals surface area contributed by atoms with Gasteiger partial charge >= 0.3 is 0 Å². The van der Waals surface area contributed by atoms with Crippen molar-refractivity contribution in [2.75, 3.05) is 11.9 Å². The van der Waals surface area contributed by atoms with Gasteiger partial charge in [-0.1, -0.05) is 25.4 Å². The number of ether oxygens (including phenoxy) is 1. The van der Waals surface area contributed by atoms with Gasteiger partial charge in [-0.25, -0.2) is 0 Å². The Morgan fingerprint density at radius 3 is 2.86 bits per heavy atom. The van der Waals surface area contributed by atoms with Gasteiger partial charge in [0.15, 0.2) is 0 Å². The van der Waals surface area contributed by atoms with Crippen molar-refractivity contribution in [3.05, 3.63) is 46.7 Å².